The van der Waals surface area contributed by atoms with Crippen LogP contribution in [-0.4, -0.2) is 9.97 Å². The first-order valence-corrected chi connectivity index (χ1v) is 5.62. The zero-order chi connectivity index (χ0) is 12.4. The summed E-state index contributed by atoms with van der Waals surface area (Å²) in [5.74, 6) is 0.852. The topological polar surface area (TPSA) is 52.5 Å². The highest BCUT2D eigenvalue weighted by Crippen LogP contribution is 2.22. The summed E-state index contributed by atoms with van der Waals surface area (Å²) in [7, 11) is 0. The third-order valence-corrected chi connectivity index (χ3v) is 2.87. The molecule has 1 aromatic heterocycles. The van der Waals surface area contributed by atoms with Crippen molar-refractivity contribution < 1.29 is 0 Å². The van der Waals surface area contributed by atoms with Gasteiger partial charge >= 0.3 is 0 Å². The van der Waals surface area contributed by atoms with E-state index in [0.717, 1.165) is 22.8 Å². The van der Waals surface area contributed by atoms with E-state index in [4.69, 9.17) is 5.26 Å². The van der Waals surface area contributed by atoms with Crippen LogP contribution in [0.25, 0.3) is 11.4 Å². The summed E-state index contributed by atoms with van der Waals surface area (Å²) < 4.78 is 0. The van der Waals surface area contributed by atoms with Crippen molar-refractivity contribution in [2.24, 2.45) is 0 Å². The molecule has 3 heteroatoms. The van der Waals surface area contributed by atoms with Crippen LogP contribution in [0, 0.1) is 32.1 Å². The quantitative estimate of drug-likeness (QED) is 0.853. The minimum atomic E-state index is 0.354. The average molecular weight is 225 g/mol. The van der Waals surface area contributed by atoms with E-state index >= 15 is 0 Å². The van der Waals surface area contributed by atoms with Crippen LogP contribution in [0.4, 0.5) is 0 Å². The number of hydrogen-bond donors (Lipinski definition) is 1. The molecule has 0 saturated carbocycles. The van der Waals surface area contributed by atoms with E-state index in [2.05, 4.69) is 48.1 Å². The Morgan fingerprint density at radius 1 is 1.29 bits per heavy atom. The van der Waals surface area contributed by atoms with Crippen molar-refractivity contribution in [3.05, 3.63) is 40.7 Å². The molecule has 0 unspecified atom stereocenters. The van der Waals surface area contributed by atoms with Crippen LogP contribution in [0.15, 0.2) is 18.2 Å². The second kappa shape index (κ2) is 4.42. The third-order valence-electron chi connectivity index (χ3n) is 2.87. The largest absolute Gasteiger partial charge is 0.342 e. The van der Waals surface area contributed by atoms with Crippen LogP contribution in [0.3, 0.4) is 0 Å². The first-order valence-electron chi connectivity index (χ1n) is 5.62. The molecule has 0 aliphatic heterocycles. The second-order valence-corrected chi connectivity index (χ2v) is 4.31. The number of nitrogens with zero attached hydrogens (tertiary/aromatic N) is 2. The van der Waals surface area contributed by atoms with Gasteiger partial charge in [0.15, 0.2) is 0 Å². The third kappa shape index (κ3) is 2.21. The zero-order valence-electron chi connectivity index (χ0n) is 10.3. The lowest BCUT2D eigenvalue weighted by atomic mass is 10.1. The number of aryl methyl sites for hydroxylation is 3. The minimum absolute atomic E-state index is 0.354. The van der Waals surface area contributed by atoms with Crippen LogP contribution in [0.2, 0.25) is 0 Å². The van der Waals surface area contributed by atoms with Gasteiger partial charge in [0.05, 0.1) is 18.2 Å². The van der Waals surface area contributed by atoms with E-state index in [1.807, 2.05) is 6.92 Å². The van der Waals surface area contributed by atoms with Gasteiger partial charge in [0.2, 0.25) is 0 Å². The smallest absolute Gasteiger partial charge is 0.138 e. The Balaban J connectivity index is 2.47. The van der Waals surface area contributed by atoms with E-state index in [0.29, 0.717) is 6.42 Å². The summed E-state index contributed by atoms with van der Waals surface area (Å²) >= 11 is 0. The molecule has 0 saturated heterocycles. The van der Waals surface area contributed by atoms with E-state index in [1.54, 1.807) is 0 Å². The van der Waals surface area contributed by atoms with E-state index in [-0.39, 0.29) is 0 Å². The maximum atomic E-state index is 8.71. The van der Waals surface area contributed by atoms with Gasteiger partial charge in [-0.3, -0.25) is 0 Å². The summed E-state index contributed by atoms with van der Waals surface area (Å²) in [5, 5.41) is 8.71. The van der Waals surface area contributed by atoms with Crippen molar-refractivity contribution >= 4 is 0 Å². The summed E-state index contributed by atoms with van der Waals surface area (Å²) in [4.78, 5) is 7.73. The highest BCUT2D eigenvalue weighted by atomic mass is 14.9. The lowest BCUT2D eigenvalue weighted by Gasteiger charge is -2.03. The number of rotatable bonds is 2. The molecule has 0 amide bonds. The van der Waals surface area contributed by atoms with Gasteiger partial charge in [0.1, 0.15) is 5.82 Å². The Morgan fingerprint density at radius 3 is 2.71 bits per heavy atom. The van der Waals surface area contributed by atoms with Gasteiger partial charge in [-0.1, -0.05) is 23.8 Å². The predicted octanol–water partition coefficient (Wildman–Crippen LogP) is 3.07. The molecule has 2 aromatic rings. The second-order valence-electron chi connectivity index (χ2n) is 4.31. The molecule has 0 aliphatic carbocycles. The lowest BCUT2D eigenvalue weighted by Crippen LogP contribution is -1.87. The Hall–Kier alpha value is -2.08. The number of nitriles is 1. The molecule has 17 heavy (non-hydrogen) atoms. The van der Waals surface area contributed by atoms with E-state index in [9.17, 15) is 0 Å². The molecule has 3 nitrogen and oxygen atoms in total. The van der Waals surface area contributed by atoms with Crippen molar-refractivity contribution in [2.75, 3.05) is 0 Å². The molecule has 2 rings (SSSR count). The van der Waals surface area contributed by atoms with Crippen molar-refractivity contribution in [1.29, 1.82) is 5.26 Å². The van der Waals surface area contributed by atoms with Gasteiger partial charge in [-0.15, -0.1) is 0 Å². The molecule has 86 valence electrons. The van der Waals surface area contributed by atoms with Crippen molar-refractivity contribution in [3.8, 4) is 17.5 Å². The van der Waals surface area contributed by atoms with Gasteiger partial charge in [-0.2, -0.15) is 5.26 Å². The van der Waals surface area contributed by atoms with Gasteiger partial charge in [-0.05, 0) is 26.3 Å². The maximum absolute atomic E-state index is 8.71. The highest BCUT2D eigenvalue weighted by Gasteiger charge is 2.09. The van der Waals surface area contributed by atoms with Crippen LogP contribution < -0.4 is 0 Å². The summed E-state index contributed by atoms with van der Waals surface area (Å²) in [5.41, 5.74) is 5.35. The average Bonchev–Trinajstić information content (AvgIpc) is 2.60. The Bertz CT molecular complexity index is 588. The predicted molar refractivity (Wildman–Crippen MR) is 67.6 cm³/mol. The first-order chi connectivity index (χ1) is 8.11. The van der Waals surface area contributed by atoms with E-state index in [1.165, 1.54) is 11.1 Å². The molecular formula is C14H15N3. The number of aromatic amines is 1. The molecule has 1 heterocycles. The fraction of sp³-hybridized carbons (Fsp3) is 0.286. The van der Waals surface area contributed by atoms with Gasteiger partial charge in [-0.25, -0.2) is 4.98 Å². The van der Waals surface area contributed by atoms with Gasteiger partial charge in [0, 0.05) is 11.3 Å². The van der Waals surface area contributed by atoms with Crippen molar-refractivity contribution in [1.82, 2.24) is 9.97 Å². The number of aromatic nitrogens is 2. The fourth-order valence-corrected chi connectivity index (χ4v) is 1.95. The molecule has 0 atom stereocenters. The van der Waals surface area contributed by atoms with E-state index < -0.39 is 0 Å². The van der Waals surface area contributed by atoms with Gasteiger partial charge in [0.25, 0.3) is 0 Å². The number of H-pyrrole nitrogens is 1. The summed E-state index contributed by atoms with van der Waals surface area (Å²) in [6.07, 6.45) is 0.354. The Labute approximate surface area is 101 Å². The highest BCUT2D eigenvalue weighted by molar-refractivity contribution is 5.61. The number of benzene rings is 1. The van der Waals surface area contributed by atoms with Crippen molar-refractivity contribution in [2.45, 2.75) is 27.2 Å². The molecule has 0 radical (unpaired) electrons. The van der Waals surface area contributed by atoms with Crippen LogP contribution in [0.5, 0.6) is 0 Å². The number of hydrogen-bond acceptors (Lipinski definition) is 2. The van der Waals surface area contributed by atoms with Crippen LogP contribution in [-0.2, 0) is 6.42 Å². The molecule has 1 N–H and O–H groups in total. The standard InChI is InChI=1S/C14H15N3/c1-9-4-5-12(10(2)8-9)14-16-11(3)13(17-14)6-7-15/h4-5,8H,6H2,1-3H3,(H,16,17). The molecule has 1 aromatic carbocycles. The Morgan fingerprint density at radius 2 is 2.06 bits per heavy atom. The minimum Gasteiger partial charge on any atom is -0.342 e. The fourth-order valence-electron chi connectivity index (χ4n) is 1.95. The number of imidazole rings is 1. The lowest BCUT2D eigenvalue weighted by molar-refractivity contribution is 1.12. The maximum Gasteiger partial charge on any atom is 0.138 e. The molecular weight excluding hydrogens is 210 g/mol. The zero-order valence-corrected chi connectivity index (χ0v) is 10.3. The monoisotopic (exact) mass is 225 g/mol. The SMILES string of the molecule is Cc1ccc(-c2nc(CC#N)c(C)[nH]2)c(C)c1. The first kappa shape index (κ1) is 11.4. The van der Waals surface area contributed by atoms with Crippen LogP contribution >= 0.6 is 0 Å². The molecule has 0 spiro atoms. The molecule has 0 fully saturated rings. The Kier molecular flexibility index (Phi) is 2.97. The molecule has 0 aliphatic rings. The normalized spacial score (nSPS) is 10.2. The number of nitrogens with one attached hydrogen (secondary N) is 1. The van der Waals surface area contributed by atoms with Gasteiger partial charge < -0.3 is 4.98 Å². The summed E-state index contributed by atoms with van der Waals surface area (Å²) in [6, 6.07) is 8.41. The molecule has 0 bridgehead atoms. The van der Waals surface area contributed by atoms with Crippen molar-refractivity contribution in [3.63, 3.8) is 0 Å². The summed E-state index contributed by atoms with van der Waals surface area (Å²) in [6.45, 7) is 6.10. The van der Waals surface area contributed by atoms with Crippen LogP contribution in [0.1, 0.15) is 22.5 Å².